The molecular weight excluding hydrogens is 326 g/mol. The first-order valence-electron chi connectivity index (χ1n) is 7.28. The fourth-order valence-electron chi connectivity index (χ4n) is 2.16. The molecule has 4 aromatic heterocycles. The summed E-state index contributed by atoms with van der Waals surface area (Å²) in [6.07, 6.45) is 3.54. The molecule has 0 saturated carbocycles. The number of thiophene rings is 1. The van der Waals surface area contributed by atoms with Crippen molar-refractivity contribution in [2.45, 2.75) is 13.1 Å². The zero-order chi connectivity index (χ0) is 16.2. The first-order valence-corrected chi connectivity index (χ1v) is 8.16. The highest BCUT2D eigenvalue weighted by Gasteiger charge is 2.12. The Kier molecular flexibility index (Phi) is 3.98. The van der Waals surface area contributed by atoms with Crippen LogP contribution in [0.4, 0.5) is 11.6 Å². The normalized spacial score (nSPS) is 10.8. The summed E-state index contributed by atoms with van der Waals surface area (Å²) < 4.78 is 4.70. The van der Waals surface area contributed by atoms with Crippen molar-refractivity contribution in [3.63, 3.8) is 0 Å². The minimum Gasteiger partial charge on any atom is -0.363 e. The lowest BCUT2D eigenvalue weighted by Crippen LogP contribution is -2.09. The van der Waals surface area contributed by atoms with Crippen LogP contribution in [0.2, 0.25) is 0 Å². The largest absolute Gasteiger partial charge is 0.363 e. The molecule has 2 N–H and O–H groups in total. The molecule has 120 valence electrons. The lowest BCUT2D eigenvalue weighted by Gasteiger charge is -2.11. The average molecular weight is 339 g/mol. The Morgan fingerprint density at radius 2 is 1.75 bits per heavy atom. The summed E-state index contributed by atoms with van der Waals surface area (Å²) >= 11 is 1.68. The minimum atomic E-state index is 0.366. The lowest BCUT2D eigenvalue weighted by molar-refractivity contribution is 0.314. The van der Waals surface area contributed by atoms with Gasteiger partial charge in [0.15, 0.2) is 11.6 Å². The Morgan fingerprint density at radius 3 is 2.42 bits per heavy atom. The molecule has 0 atom stereocenters. The van der Waals surface area contributed by atoms with Crippen LogP contribution in [0, 0.1) is 0 Å². The fraction of sp³-hybridized carbons (Fsp3) is 0.133. The van der Waals surface area contributed by atoms with Crippen LogP contribution in [0.1, 0.15) is 10.4 Å². The molecule has 0 bridgehead atoms. The zero-order valence-electron chi connectivity index (χ0n) is 12.5. The zero-order valence-corrected chi connectivity index (χ0v) is 13.3. The van der Waals surface area contributed by atoms with Gasteiger partial charge in [0.05, 0.1) is 6.54 Å². The maximum Gasteiger partial charge on any atom is 0.245 e. The summed E-state index contributed by atoms with van der Waals surface area (Å²) in [5.41, 5.74) is 1.78. The van der Waals surface area contributed by atoms with Gasteiger partial charge < -0.3 is 10.6 Å². The highest BCUT2D eigenvalue weighted by molar-refractivity contribution is 7.09. The highest BCUT2D eigenvalue weighted by atomic mass is 32.1. The van der Waals surface area contributed by atoms with E-state index in [1.807, 2.05) is 23.6 Å². The van der Waals surface area contributed by atoms with Crippen LogP contribution in [0.3, 0.4) is 0 Å². The summed E-state index contributed by atoms with van der Waals surface area (Å²) in [4.78, 5) is 14.2. The number of nitrogens with one attached hydrogen (secondary N) is 2. The van der Waals surface area contributed by atoms with Crippen LogP contribution < -0.4 is 10.6 Å². The smallest absolute Gasteiger partial charge is 0.245 e. The predicted octanol–water partition coefficient (Wildman–Crippen LogP) is 2.69. The van der Waals surface area contributed by atoms with Gasteiger partial charge in [0.2, 0.25) is 11.3 Å². The molecule has 0 saturated heterocycles. The van der Waals surface area contributed by atoms with Crippen molar-refractivity contribution in [1.29, 1.82) is 0 Å². The van der Waals surface area contributed by atoms with Crippen LogP contribution in [0.25, 0.3) is 11.3 Å². The molecule has 4 aromatic rings. The van der Waals surface area contributed by atoms with Crippen molar-refractivity contribution in [1.82, 2.24) is 25.3 Å². The van der Waals surface area contributed by atoms with Crippen LogP contribution in [0.15, 0.2) is 46.7 Å². The molecule has 0 spiro atoms. The number of fused-ring (bicyclic) bond motifs is 1. The van der Waals surface area contributed by atoms with Crippen LogP contribution in [-0.4, -0.2) is 25.3 Å². The van der Waals surface area contributed by atoms with E-state index in [9.17, 15) is 0 Å². The molecular formula is C15H13N7OS. The van der Waals surface area contributed by atoms with E-state index < -0.39 is 0 Å². The van der Waals surface area contributed by atoms with E-state index in [4.69, 9.17) is 4.63 Å². The summed E-state index contributed by atoms with van der Waals surface area (Å²) in [7, 11) is 0. The molecule has 0 aromatic carbocycles. The molecule has 9 heteroatoms. The Balaban J connectivity index is 1.57. The maximum atomic E-state index is 4.70. The molecule has 4 rings (SSSR count). The van der Waals surface area contributed by atoms with Gasteiger partial charge in [-0.15, -0.1) is 11.3 Å². The van der Waals surface area contributed by atoms with E-state index in [2.05, 4.69) is 42.0 Å². The molecule has 4 heterocycles. The SMILES string of the molecule is c1cncc(CNc2nc3nonc3nc2NCc2cccs2)c1. The van der Waals surface area contributed by atoms with Gasteiger partial charge in [0.25, 0.3) is 0 Å². The second kappa shape index (κ2) is 6.59. The second-order valence-electron chi connectivity index (χ2n) is 4.98. The van der Waals surface area contributed by atoms with E-state index in [0.29, 0.717) is 36.0 Å². The molecule has 0 amide bonds. The number of aromatic nitrogens is 5. The second-order valence-corrected chi connectivity index (χ2v) is 6.01. The molecule has 0 aliphatic heterocycles. The van der Waals surface area contributed by atoms with E-state index >= 15 is 0 Å². The summed E-state index contributed by atoms with van der Waals surface area (Å²) in [6.45, 7) is 1.23. The van der Waals surface area contributed by atoms with Crippen molar-refractivity contribution in [2.24, 2.45) is 0 Å². The number of hydrogen-bond donors (Lipinski definition) is 2. The molecule has 0 unspecified atom stereocenters. The highest BCUT2D eigenvalue weighted by Crippen LogP contribution is 2.21. The van der Waals surface area contributed by atoms with Crippen molar-refractivity contribution in [3.05, 3.63) is 52.5 Å². The van der Waals surface area contributed by atoms with Gasteiger partial charge in [-0.05, 0) is 33.4 Å². The van der Waals surface area contributed by atoms with Gasteiger partial charge in [-0.1, -0.05) is 12.1 Å². The van der Waals surface area contributed by atoms with E-state index in [0.717, 1.165) is 5.56 Å². The summed E-state index contributed by atoms with van der Waals surface area (Å²) in [6, 6.07) is 7.95. The molecule has 0 aliphatic rings. The van der Waals surface area contributed by atoms with Crippen LogP contribution in [-0.2, 0) is 13.1 Å². The Hall–Kier alpha value is -3.07. The van der Waals surface area contributed by atoms with Crippen molar-refractivity contribution >= 4 is 34.3 Å². The first-order chi connectivity index (χ1) is 11.9. The third-order valence-corrected chi connectivity index (χ3v) is 4.18. The van der Waals surface area contributed by atoms with Crippen molar-refractivity contribution in [3.8, 4) is 0 Å². The summed E-state index contributed by atoms with van der Waals surface area (Å²) in [5, 5.41) is 16.1. The standard InChI is InChI=1S/C15H13N7OS/c1-3-10(7-16-5-1)8-17-12-13(18-9-11-4-2-6-24-11)20-15-14(19-12)21-23-22-15/h1-7H,8-9H2,(H,17,19,21)(H,18,20,22). The quantitative estimate of drug-likeness (QED) is 0.553. The average Bonchev–Trinajstić information content (AvgIpc) is 3.29. The molecule has 0 radical (unpaired) electrons. The predicted molar refractivity (Wildman–Crippen MR) is 90.6 cm³/mol. The molecule has 0 fully saturated rings. The number of nitrogens with zero attached hydrogens (tertiary/aromatic N) is 5. The van der Waals surface area contributed by atoms with Crippen molar-refractivity contribution < 1.29 is 4.63 Å². The van der Waals surface area contributed by atoms with Gasteiger partial charge in [-0.2, -0.15) is 0 Å². The fourth-order valence-corrected chi connectivity index (χ4v) is 2.80. The monoisotopic (exact) mass is 339 g/mol. The molecule has 8 nitrogen and oxygen atoms in total. The van der Waals surface area contributed by atoms with Gasteiger partial charge in [-0.25, -0.2) is 14.6 Å². The Morgan fingerprint density at radius 1 is 0.958 bits per heavy atom. The Bertz CT molecular complexity index is 924. The van der Waals surface area contributed by atoms with E-state index in [-0.39, 0.29) is 0 Å². The van der Waals surface area contributed by atoms with E-state index in [1.54, 1.807) is 23.7 Å². The van der Waals surface area contributed by atoms with Crippen LogP contribution in [0.5, 0.6) is 0 Å². The lowest BCUT2D eigenvalue weighted by atomic mass is 10.3. The van der Waals surface area contributed by atoms with Crippen LogP contribution >= 0.6 is 11.3 Å². The first kappa shape index (κ1) is 14.5. The third-order valence-electron chi connectivity index (χ3n) is 3.31. The van der Waals surface area contributed by atoms with Gasteiger partial charge in [0.1, 0.15) is 0 Å². The van der Waals surface area contributed by atoms with E-state index in [1.165, 1.54) is 4.88 Å². The van der Waals surface area contributed by atoms with Gasteiger partial charge in [0, 0.05) is 23.8 Å². The maximum absolute atomic E-state index is 4.70. The minimum absolute atomic E-state index is 0.366. The summed E-state index contributed by atoms with van der Waals surface area (Å²) in [5.74, 6) is 1.20. The number of anilines is 2. The topological polar surface area (TPSA) is 102 Å². The van der Waals surface area contributed by atoms with Gasteiger partial charge in [-0.3, -0.25) is 4.98 Å². The molecule has 24 heavy (non-hydrogen) atoms. The third kappa shape index (κ3) is 3.15. The Labute approximate surface area is 140 Å². The van der Waals surface area contributed by atoms with Crippen molar-refractivity contribution in [2.75, 3.05) is 10.6 Å². The number of pyridine rings is 1. The number of hydrogen-bond acceptors (Lipinski definition) is 9. The van der Waals surface area contributed by atoms with Gasteiger partial charge >= 0.3 is 0 Å². The number of rotatable bonds is 6. The molecule has 0 aliphatic carbocycles.